The molecule has 1 aliphatic carbocycles. The van der Waals surface area contributed by atoms with Crippen LogP contribution in [-0.4, -0.2) is 102 Å². The van der Waals surface area contributed by atoms with E-state index in [4.69, 9.17) is 4.98 Å². The van der Waals surface area contributed by atoms with Crippen LogP contribution in [0.25, 0.3) is 0 Å². The van der Waals surface area contributed by atoms with Crippen LogP contribution in [0, 0.1) is 11.8 Å². The van der Waals surface area contributed by atoms with E-state index in [2.05, 4.69) is 41.7 Å². The quantitative estimate of drug-likeness (QED) is 0.377. The Balaban J connectivity index is 1.11. The number of nitrogens with zero attached hydrogens (tertiary/aromatic N) is 5. The lowest BCUT2D eigenvalue weighted by molar-refractivity contribution is -0.138. The van der Waals surface area contributed by atoms with Crippen molar-refractivity contribution in [3.8, 4) is 0 Å². The third-order valence-electron chi connectivity index (χ3n) is 11.4. The van der Waals surface area contributed by atoms with Crippen molar-refractivity contribution >= 4 is 23.6 Å². The van der Waals surface area contributed by atoms with E-state index in [1.54, 1.807) is 0 Å². The lowest BCUT2D eigenvalue weighted by Crippen LogP contribution is -2.58. The number of nitrogens with one attached hydrogen (secondary N) is 3. The van der Waals surface area contributed by atoms with E-state index in [0.29, 0.717) is 18.5 Å². The van der Waals surface area contributed by atoms with E-state index >= 15 is 0 Å². The summed E-state index contributed by atoms with van der Waals surface area (Å²) in [4.78, 5) is 43.3. The summed E-state index contributed by atoms with van der Waals surface area (Å²) < 4.78 is 0. The molecule has 5 fully saturated rings. The molecule has 2 atom stereocenters. The zero-order chi connectivity index (χ0) is 30.8. The van der Waals surface area contributed by atoms with Crippen LogP contribution in [-0.2, 0) is 9.59 Å². The highest BCUT2D eigenvalue weighted by Crippen LogP contribution is 2.31. The van der Waals surface area contributed by atoms with Crippen LogP contribution in [0.4, 0.5) is 11.8 Å². The van der Waals surface area contributed by atoms with E-state index < -0.39 is 0 Å². The number of rotatable bonds is 9. The minimum atomic E-state index is 0.129. The fourth-order valence-electron chi connectivity index (χ4n) is 8.73. The second-order valence-electron chi connectivity index (χ2n) is 14.3. The topological polar surface area (TPSA) is 106 Å². The molecule has 10 nitrogen and oxygen atoms in total. The van der Waals surface area contributed by atoms with E-state index in [9.17, 15) is 9.59 Å². The summed E-state index contributed by atoms with van der Waals surface area (Å²) in [6.45, 7) is 7.49. The number of aromatic nitrogens is 2. The molecule has 250 valence electrons. The van der Waals surface area contributed by atoms with Crippen LogP contribution in [0.3, 0.4) is 0 Å². The van der Waals surface area contributed by atoms with Crippen LogP contribution in [0.2, 0.25) is 0 Å². The zero-order valence-electron chi connectivity index (χ0n) is 27.6. The average Bonchev–Trinajstić information content (AvgIpc) is 3.39. The van der Waals surface area contributed by atoms with Gasteiger partial charge in [-0.3, -0.25) is 14.5 Å². The number of carbonyl (C=O) groups is 2. The van der Waals surface area contributed by atoms with Crippen molar-refractivity contribution in [3.63, 3.8) is 0 Å². The fourth-order valence-corrected chi connectivity index (χ4v) is 8.73. The van der Waals surface area contributed by atoms with Gasteiger partial charge in [-0.05, 0) is 96.3 Å². The SMILES string of the molecule is O=C(NCC[C@@H]1[C@@H](Nc2nccc(N3CCCCCC3)n2)CCCN1C1CCN(C(=O)C2CCCCC2)CC1)C1CCNCC1. The molecule has 5 heterocycles. The van der Waals surface area contributed by atoms with Gasteiger partial charge in [0, 0.05) is 68.9 Å². The van der Waals surface area contributed by atoms with Crippen molar-refractivity contribution in [2.45, 2.75) is 121 Å². The first-order valence-corrected chi connectivity index (χ1v) is 18.5. The van der Waals surface area contributed by atoms with Gasteiger partial charge < -0.3 is 25.8 Å². The summed E-state index contributed by atoms with van der Waals surface area (Å²) in [6, 6.07) is 3.01. The Labute approximate surface area is 270 Å². The molecule has 5 aliphatic rings. The van der Waals surface area contributed by atoms with Crippen molar-refractivity contribution in [2.24, 2.45) is 11.8 Å². The molecule has 0 spiro atoms. The van der Waals surface area contributed by atoms with Crippen molar-refractivity contribution < 1.29 is 9.59 Å². The minimum Gasteiger partial charge on any atom is -0.356 e. The highest BCUT2D eigenvalue weighted by Gasteiger charge is 2.38. The minimum absolute atomic E-state index is 0.129. The average molecular weight is 623 g/mol. The summed E-state index contributed by atoms with van der Waals surface area (Å²) in [5.41, 5.74) is 0. The predicted octanol–water partition coefficient (Wildman–Crippen LogP) is 4.18. The first-order chi connectivity index (χ1) is 22.2. The zero-order valence-corrected chi connectivity index (χ0v) is 27.6. The molecule has 2 amide bonds. The van der Waals surface area contributed by atoms with Crippen molar-refractivity contribution in [1.82, 2.24) is 30.4 Å². The Hall–Kier alpha value is -2.46. The van der Waals surface area contributed by atoms with Gasteiger partial charge in [-0.25, -0.2) is 4.98 Å². The van der Waals surface area contributed by atoms with E-state index in [-0.39, 0.29) is 29.8 Å². The highest BCUT2D eigenvalue weighted by atomic mass is 16.2. The Morgan fingerprint density at radius 2 is 1.53 bits per heavy atom. The summed E-state index contributed by atoms with van der Waals surface area (Å²) >= 11 is 0. The number of likely N-dealkylation sites (tertiary alicyclic amines) is 2. The maximum absolute atomic E-state index is 13.3. The number of anilines is 2. The van der Waals surface area contributed by atoms with Gasteiger partial charge in [0.25, 0.3) is 0 Å². The molecule has 4 aliphatic heterocycles. The van der Waals surface area contributed by atoms with E-state index in [0.717, 1.165) is 115 Å². The van der Waals surface area contributed by atoms with Gasteiger partial charge in [-0.2, -0.15) is 4.98 Å². The van der Waals surface area contributed by atoms with Crippen LogP contribution < -0.4 is 20.9 Å². The Bertz CT molecular complexity index is 1080. The molecule has 1 saturated carbocycles. The molecule has 1 aromatic heterocycles. The normalized spacial score (nSPS) is 26.8. The Morgan fingerprint density at radius 1 is 0.800 bits per heavy atom. The summed E-state index contributed by atoms with van der Waals surface area (Å²) in [7, 11) is 0. The first kappa shape index (κ1) is 32.5. The monoisotopic (exact) mass is 622 g/mol. The molecule has 6 rings (SSSR count). The van der Waals surface area contributed by atoms with Crippen molar-refractivity contribution in [1.29, 1.82) is 0 Å². The molecule has 0 radical (unpaired) electrons. The molecule has 0 unspecified atom stereocenters. The molecule has 10 heteroatoms. The maximum atomic E-state index is 13.3. The molecular weight excluding hydrogens is 564 g/mol. The molecule has 45 heavy (non-hydrogen) atoms. The largest absolute Gasteiger partial charge is 0.356 e. The van der Waals surface area contributed by atoms with Crippen LogP contribution in [0.5, 0.6) is 0 Å². The second kappa shape index (κ2) is 16.4. The predicted molar refractivity (Wildman–Crippen MR) is 179 cm³/mol. The van der Waals surface area contributed by atoms with Crippen molar-refractivity contribution in [2.75, 3.05) is 62.6 Å². The van der Waals surface area contributed by atoms with Gasteiger partial charge in [-0.15, -0.1) is 0 Å². The summed E-state index contributed by atoms with van der Waals surface area (Å²) in [5, 5.41) is 10.5. The Morgan fingerprint density at radius 3 is 2.29 bits per heavy atom. The lowest BCUT2D eigenvalue weighted by atomic mass is 9.87. The lowest BCUT2D eigenvalue weighted by Gasteiger charge is -2.48. The second-order valence-corrected chi connectivity index (χ2v) is 14.3. The van der Waals surface area contributed by atoms with Crippen LogP contribution in [0.15, 0.2) is 12.3 Å². The van der Waals surface area contributed by atoms with Gasteiger partial charge in [0.2, 0.25) is 17.8 Å². The van der Waals surface area contributed by atoms with E-state index in [1.165, 1.54) is 44.9 Å². The third-order valence-corrected chi connectivity index (χ3v) is 11.4. The van der Waals surface area contributed by atoms with Crippen LogP contribution >= 0.6 is 0 Å². The maximum Gasteiger partial charge on any atom is 0.225 e. The third kappa shape index (κ3) is 8.67. The fraction of sp³-hybridized carbons (Fsp3) is 0.829. The smallest absolute Gasteiger partial charge is 0.225 e. The first-order valence-electron chi connectivity index (χ1n) is 18.5. The Kier molecular flexibility index (Phi) is 11.8. The standard InChI is InChI=1S/C35H58N8O2/c44-33(27-12-18-36-19-13-27)37-20-14-31-30(39-35-38-21-15-32(40-35)41-22-6-1-2-7-23-41)11-8-24-43(31)29-16-25-42(26-17-29)34(45)28-9-4-3-5-10-28/h15,21,27-31,36H,1-14,16-20,22-26H2,(H,37,44)(H,38,39,40)/t30-,31+/m0/s1. The molecule has 1 aromatic rings. The number of amides is 2. The van der Waals surface area contributed by atoms with Gasteiger partial charge >= 0.3 is 0 Å². The molecule has 3 N–H and O–H groups in total. The number of hydrogen-bond donors (Lipinski definition) is 3. The van der Waals surface area contributed by atoms with Gasteiger partial charge in [0.15, 0.2) is 0 Å². The summed E-state index contributed by atoms with van der Waals surface area (Å²) in [6.07, 6.45) is 19.8. The molecule has 0 bridgehead atoms. The van der Waals surface area contributed by atoms with Gasteiger partial charge in [0.05, 0.1) is 0 Å². The van der Waals surface area contributed by atoms with E-state index in [1.807, 2.05) is 6.20 Å². The number of piperidine rings is 3. The number of hydrogen-bond acceptors (Lipinski definition) is 8. The highest BCUT2D eigenvalue weighted by molar-refractivity contribution is 5.79. The van der Waals surface area contributed by atoms with Gasteiger partial charge in [-0.1, -0.05) is 32.1 Å². The molecule has 0 aromatic carbocycles. The molecule has 4 saturated heterocycles. The number of carbonyl (C=O) groups excluding carboxylic acids is 2. The van der Waals surface area contributed by atoms with Crippen LogP contribution in [0.1, 0.15) is 103 Å². The molecular formula is C35H58N8O2. The summed E-state index contributed by atoms with van der Waals surface area (Å²) in [5.74, 6) is 2.75. The van der Waals surface area contributed by atoms with Crippen molar-refractivity contribution in [3.05, 3.63) is 12.3 Å². The van der Waals surface area contributed by atoms with Gasteiger partial charge in [0.1, 0.15) is 5.82 Å².